The number of hydrogen-bond donors (Lipinski definition) is 1. The van der Waals surface area contributed by atoms with Crippen LogP contribution in [0.2, 0.25) is 0 Å². The summed E-state index contributed by atoms with van der Waals surface area (Å²) in [6.45, 7) is 6.48. The van der Waals surface area contributed by atoms with E-state index in [0.717, 1.165) is 16.5 Å². The molecule has 3 aromatic rings. The molecule has 2 heterocycles. The minimum absolute atomic E-state index is 0.300. The first-order chi connectivity index (χ1) is 9.59. The SMILES string of the molecule is Cc1c(-c2ccncc2)c2cc(O)ccc2n1C(C)C. The van der Waals surface area contributed by atoms with Crippen LogP contribution in [0.5, 0.6) is 5.75 Å². The third kappa shape index (κ3) is 1.86. The summed E-state index contributed by atoms with van der Waals surface area (Å²) in [4.78, 5) is 4.08. The van der Waals surface area contributed by atoms with E-state index >= 15 is 0 Å². The number of fused-ring (bicyclic) bond motifs is 1. The van der Waals surface area contributed by atoms with Crippen LogP contribution in [0.3, 0.4) is 0 Å². The monoisotopic (exact) mass is 266 g/mol. The van der Waals surface area contributed by atoms with Crippen molar-refractivity contribution in [2.75, 3.05) is 0 Å². The molecule has 0 aliphatic carbocycles. The third-order valence-electron chi connectivity index (χ3n) is 3.72. The topological polar surface area (TPSA) is 38.1 Å². The van der Waals surface area contributed by atoms with Crippen molar-refractivity contribution in [3.63, 3.8) is 0 Å². The molecule has 3 nitrogen and oxygen atoms in total. The first-order valence-corrected chi connectivity index (χ1v) is 6.83. The van der Waals surface area contributed by atoms with Crippen molar-refractivity contribution in [2.24, 2.45) is 0 Å². The van der Waals surface area contributed by atoms with E-state index in [1.165, 1.54) is 11.3 Å². The van der Waals surface area contributed by atoms with Crippen LogP contribution in [-0.2, 0) is 0 Å². The molecule has 0 atom stereocenters. The Morgan fingerprint density at radius 2 is 1.80 bits per heavy atom. The Morgan fingerprint density at radius 1 is 1.10 bits per heavy atom. The average molecular weight is 266 g/mol. The highest BCUT2D eigenvalue weighted by Gasteiger charge is 2.17. The van der Waals surface area contributed by atoms with Gasteiger partial charge in [-0.1, -0.05) is 0 Å². The molecule has 0 spiro atoms. The van der Waals surface area contributed by atoms with Gasteiger partial charge in [0.15, 0.2) is 0 Å². The van der Waals surface area contributed by atoms with Gasteiger partial charge in [-0.15, -0.1) is 0 Å². The van der Waals surface area contributed by atoms with E-state index in [1.807, 2.05) is 24.3 Å². The highest BCUT2D eigenvalue weighted by molar-refractivity contribution is 5.98. The van der Waals surface area contributed by atoms with Crippen molar-refractivity contribution in [1.29, 1.82) is 0 Å². The first kappa shape index (κ1) is 12.7. The molecule has 0 unspecified atom stereocenters. The summed E-state index contributed by atoms with van der Waals surface area (Å²) in [6, 6.07) is 9.97. The number of hydrogen-bond acceptors (Lipinski definition) is 2. The number of nitrogens with zero attached hydrogens (tertiary/aromatic N) is 2. The lowest BCUT2D eigenvalue weighted by Crippen LogP contribution is -2.02. The Morgan fingerprint density at radius 3 is 2.45 bits per heavy atom. The van der Waals surface area contributed by atoms with Crippen LogP contribution in [0, 0.1) is 6.92 Å². The fraction of sp³-hybridized carbons (Fsp3) is 0.235. The van der Waals surface area contributed by atoms with Gasteiger partial charge < -0.3 is 9.67 Å². The zero-order chi connectivity index (χ0) is 14.3. The smallest absolute Gasteiger partial charge is 0.116 e. The summed E-state index contributed by atoms with van der Waals surface area (Å²) < 4.78 is 2.31. The summed E-state index contributed by atoms with van der Waals surface area (Å²) in [6.07, 6.45) is 3.60. The predicted molar refractivity (Wildman–Crippen MR) is 82.0 cm³/mol. The molecule has 0 saturated heterocycles. The van der Waals surface area contributed by atoms with Gasteiger partial charge in [0.05, 0.1) is 0 Å². The Kier molecular flexibility index (Phi) is 2.97. The minimum atomic E-state index is 0.300. The number of aromatic hydroxyl groups is 1. The second kappa shape index (κ2) is 4.67. The zero-order valence-electron chi connectivity index (χ0n) is 12.0. The van der Waals surface area contributed by atoms with Gasteiger partial charge in [-0.05, 0) is 56.7 Å². The number of pyridine rings is 1. The van der Waals surface area contributed by atoms with E-state index in [4.69, 9.17) is 0 Å². The van der Waals surface area contributed by atoms with Crippen molar-refractivity contribution >= 4 is 10.9 Å². The Hall–Kier alpha value is -2.29. The van der Waals surface area contributed by atoms with Crippen molar-refractivity contribution in [1.82, 2.24) is 9.55 Å². The van der Waals surface area contributed by atoms with E-state index in [9.17, 15) is 5.11 Å². The maximum atomic E-state index is 9.82. The van der Waals surface area contributed by atoms with E-state index in [1.54, 1.807) is 18.5 Å². The first-order valence-electron chi connectivity index (χ1n) is 6.83. The van der Waals surface area contributed by atoms with Crippen LogP contribution in [0.4, 0.5) is 0 Å². The van der Waals surface area contributed by atoms with Gasteiger partial charge in [-0.3, -0.25) is 4.98 Å². The molecule has 0 aliphatic rings. The molecule has 2 aromatic heterocycles. The van der Waals surface area contributed by atoms with Gasteiger partial charge in [0, 0.05) is 40.6 Å². The van der Waals surface area contributed by atoms with Crippen LogP contribution >= 0.6 is 0 Å². The van der Waals surface area contributed by atoms with Crippen LogP contribution < -0.4 is 0 Å². The van der Waals surface area contributed by atoms with Crippen LogP contribution in [-0.4, -0.2) is 14.7 Å². The number of phenolic OH excluding ortho intramolecular Hbond substituents is 1. The minimum Gasteiger partial charge on any atom is -0.508 e. The molecule has 1 aromatic carbocycles. The van der Waals surface area contributed by atoms with E-state index in [2.05, 4.69) is 30.3 Å². The highest BCUT2D eigenvalue weighted by Crippen LogP contribution is 2.37. The largest absolute Gasteiger partial charge is 0.508 e. The van der Waals surface area contributed by atoms with E-state index < -0.39 is 0 Å². The van der Waals surface area contributed by atoms with Gasteiger partial charge >= 0.3 is 0 Å². The number of benzene rings is 1. The summed E-state index contributed by atoms with van der Waals surface area (Å²) in [5.74, 6) is 0.300. The third-order valence-corrected chi connectivity index (χ3v) is 3.72. The molecule has 0 amide bonds. The van der Waals surface area contributed by atoms with E-state index in [0.29, 0.717) is 11.8 Å². The van der Waals surface area contributed by atoms with Crippen molar-refractivity contribution in [3.8, 4) is 16.9 Å². The maximum absolute atomic E-state index is 9.82. The normalized spacial score (nSPS) is 11.4. The van der Waals surface area contributed by atoms with E-state index in [-0.39, 0.29) is 0 Å². The molecule has 1 N–H and O–H groups in total. The fourth-order valence-corrected chi connectivity index (χ4v) is 2.98. The van der Waals surface area contributed by atoms with Gasteiger partial charge in [-0.25, -0.2) is 0 Å². The molecule has 0 saturated carbocycles. The number of phenols is 1. The maximum Gasteiger partial charge on any atom is 0.116 e. The van der Waals surface area contributed by atoms with Crippen molar-refractivity contribution in [3.05, 3.63) is 48.4 Å². The average Bonchev–Trinajstić information content (AvgIpc) is 2.71. The lowest BCUT2D eigenvalue weighted by molar-refractivity contribution is 0.476. The van der Waals surface area contributed by atoms with Crippen LogP contribution in [0.1, 0.15) is 25.6 Å². The van der Waals surface area contributed by atoms with Crippen molar-refractivity contribution < 1.29 is 5.11 Å². The predicted octanol–water partition coefficient (Wildman–Crippen LogP) is 4.30. The van der Waals surface area contributed by atoms with Gasteiger partial charge in [0.1, 0.15) is 5.75 Å². The molecular formula is C17H18N2O. The highest BCUT2D eigenvalue weighted by atomic mass is 16.3. The summed E-state index contributed by atoms with van der Waals surface area (Å²) in [5.41, 5.74) is 4.67. The fourth-order valence-electron chi connectivity index (χ4n) is 2.98. The molecule has 102 valence electrons. The Labute approximate surface area is 118 Å². The summed E-state index contributed by atoms with van der Waals surface area (Å²) >= 11 is 0. The molecule has 0 radical (unpaired) electrons. The Balaban J connectivity index is 2.42. The van der Waals surface area contributed by atoms with Crippen LogP contribution in [0.25, 0.3) is 22.0 Å². The molecule has 20 heavy (non-hydrogen) atoms. The molecular weight excluding hydrogens is 248 g/mol. The lowest BCUT2D eigenvalue weighted by atomic mass is 10.0. The van der Waals surface area contributed by atoms with Gasteiger partial charge in [0.25, 0.3) is 0 Å². The molecule has 0 fully saturated rings. The standard InChI is InChI=1S/C17H18N2O/c1-11(2)19-12(3)17(13-6-8-18-9-7-13)15-10-14(20)4-5-16(15)19/h4-11,20H,1-3H3. The Bertz CT molecular complexity index is 758. The second-order valence-electron chi connectivity index (χ2n) is 5.36. The quantitative estimate of drug-likeness (QED) is 0.751. The van der Waals surface area contributed by atoms with Crippen LogP contribution in [0.15, 0.2) is 42.7 Å². The summed E-state index contributed by atoms with van der Waals surface area (Å²) in [7, 11) is 0. The molecule has 3 rings (SSSR count). The molecule has 0 aliphatic heterocycles. The lowest BCUT2D eigenvalue weighted by Gasteiger charge is -2.12. The van der Waals surface area contributed by atoms with Gasteiger partial charge in [0.2, 0.25) is 0 Å². The summed E-state index contributed by atoms with van der Waals surface area (Å²) in [5, 5.41) is 10.9. The number of aromatic nitrogens is 2. The number of rotatable bonds is 2. The van der Waals surface area contributed by atoms with Crippen molar-refractivity contribution in [2.45, 2.75) is 26.8 Å². The zero-order valence-corrected chi connectivity index (χ0v) is 12.0. The van der Waals surface area contributed by atoms with Gasteiger partial charge in [-0.2, -0.15) is 0 Å². The second-order valence-corrected chi connectivity index (χ2v) is 5.36. The molecule has 3 heteroatoms. The molecule has 0 bridgehead atoms.